The summed E-state index contributed by atoms with van der Waals surface area (Å²) in [5, 5.41) is 10.8. The Morgan fingerprint density at radius 1 is 1.42 bits per heavy atom. The summed E-state index contributed by atoms with van der Waals surface area (Å²) < 4.78 is 0. The van der Waals surface area contributed by atoms with Gasteiger partial charge < -0.3 is 10.0 Å². The molecule has 0 bridgehead atoms. The van der Waals surface area contributed by atoms with Gasteiger partial charge in [-0.25, -0.2) is 0 Å². The summed E-state index contributed by atoms with van der Waals surface area (Å²) in [5.41, 5.74) is -0.371. The molecule has 1 fully saturated rings. The van der Waals surface area contributed by atoms with Crippen LogP contribution in [-0.2, 0) is 0 Å². The number of aliphatic hydroxyl groups is 1. The first kappa shape index (κ1) is 15.0. The topological polar surface area (TPSA) is 40.5 Å². The number of likely N-dealkylation sites (tertiary alicyclic amines) is 1. The minimum atomic E-state index is -0.809. The van der Waals surface area contributed by atoms with Crippen molar-refractivity contribution >= 4 is 40.9 Å². The van der Waals surface area contributed by atoms with Gasteiger partial charge in [-0.15, -0.1) is 11.8 Å². The molecule has 1 aromatic carbocycles. The number of carbonyl (C=O) groups excluding carboxylic acids is 1. The van der Waals surface area contributed by atoms with Gasteiger partial charge in [0.05, 0.1) is 21.2 Å². The monoisotopic (exact) mass is 319 g/mol. The molecule has 1 N–H and O–H groups in total. The van der Waals surface area contributed by atoms with E-state index >= 15 is 0 Å². The Kier molecular flexibility index (Phi) is 4.35. The van der Waals surface area contributed by atoms with E-state index in [1.54, 1.807) is 24.0 Å². The van der Waals surface area contributed by atoms with Gasteiger partial charge in [0, 0.05) is 18.0 Å². The van der Waals surface area contributed by atoms with Crippen molar-refractivity contribution in [2.45, 2.75) is 23.8 Å². The van der Waals surface area contributed by atoms with Crippen LogP contribution in [0.2, 0.25) is 10.0 Å². The molecule has 3 nitrogen and oxygen atoms in total. The lowest BCUT2D eigenvalue weighted by atomic mass is 10.1. The van der Waals surface area contributed by atoms with E-state index in [4.69, 9.17) is 23.2 Å². The van der Waals surface area contributed by atoms with Gasteiger partial charge in [-0.2, -0.15) is 0 Å². The summed E-state index contributed by atoms with van der Waals surface area (Å²) >= 11 is 13.6. The highest BCUT2D eigenvalue weighted by atomic mass is 35.5. The third-order valence-corrected chi connectivity index (χ3v) is 4.73. The molecule has 1 atom stereocenters. The molecule has 6 heteroatoms. The Morgan fingerprint density at radius 2 is 2.11 bits per heavy atom. The smallest absolute Gasteiger partial charge is 0.255 e. The van der Waals surface area contributed by atoms with Crippen LogP contribution in [0.3, 0.4) is 0 Å². The van der Waals surface area contributed by atoms with E-state index in [9.17, 15) is 9.90 Å². The quantitative estimate of drug-likeness (QED) is 0.850. The van der Waals surface area contributed by atoms with Crippen molar-refractivity contribution in [3.8, 4) is 0 Å². The Labute approximate surface area is 126 Å². The molecule has 0 aliphatic carbocycles. The number of rotatable bonds is 2. The zero-order chi connectivity index (χ0) is 14.2. The lowest BCUT2D eigenvalue weighted by molar-refractivity contribution is 0.0572. The van der Waals surface area contributed by atoms with Crippen molar-refractivity contribution in [1.29, 1.82) is 0 Å². The van der Waals surface area contributed by atoms with Gasteiger partial charge in [-0.1, -0.05) is 23.2 Å². The molecule has 19 heavy (non-hydrogen) atoms. The summed E-state index contributed by atoms with van der Waals surface area (Å²) in [4.78, 5) is 14.9. The molecule has 104 valence electrons. The molecule has 0 saturated carbocycles. The van der Waals surface area contributed by atoms with Crippen LogP contribution in [0.1, 0.15) is 23.7 Å². The van der Waals surface area contributed by atoms with E-state index in [-0.39, 0.29) is 5.91 Å². The van der Waals surface area contributed by atoms with Gasteiger partial charge in [0.25, 0.3) is 5.91 Å². The number of thioether (sulfide) groups is 1. The van der Waals surface area contributed by atoms with Crippen LogP contribution >= 0.6 is 35.0 Å². The standard InChI is InChI=1S/C13H15Cl2NO2S/c1-13(18)3-4-16(7-13)12(17)8-5-11(19-2)10(15)6-9(8)14/h5-6,18H,3-4,7H2,1-2H3/t13-/m1/s1. The zero-order valence-corrected chi connectivity index (χ0v) is 13.1. The predicted molar refractivity (Wildman–Crippen MR) is 79.4 cm³/mol. The fraction of sp³-hybridized carbons (Fsp3) is 0.462. The fourth-order valence-electron chi connectivity index (χ4n) is 2.14. The number of benzene rings is 1. The number of halogens is 2. The third-order valence-electron chi connectivity index (χ3n) is 3.21. The first-order valence-electron chi connectivity index (χ1n) is 5.89. The van der Waals surface area contributed by atoms with Gasteiger partial charge >= 0.3 is 0 Å². The molecule has 1 saturated heterocycles. The number of hydrogen-bond acceptors (Lipinski definition) is 3. The van der Waals surface area contributed by atoms with E-state index in [2.05, 4.69) is 0 Å². The van der Waals surface area contributed by atoms with Crippen molar-refractivity contribution in [3.63, 3.8) is 0 Å². The average molecular weight is 320 g/mol. The molecular formula is C13H15Cl2NO2S. The third kappa shape index (κ3) is 3.19. The highest BCUT2D eigenvalue weighted by Crippen LogP contribution is 2.32. The molecule has 1 aromatic rings. The summed E-state index contributed by atoms with van der Waals surface area (Å²) in [6, 6.07) is 3.31. The van der Waals surface area contributed by atoms with Crippen LogP contribution in [-0.4, -0.2) is 40.9 Å². The molecule has 0 spiro atoms. The second kappa shape index (κ2) is 5.52. The minimum Gasteiger partial charge on any atom is -0.388 e. The van der Waals surface area contributed by atoms with E-state index in [0.29, 0.717) is 35.1 Å². The average Bonchev–Trinajstić information content (AvgIpc) is 2.69. The molecule has 0 aromatic heterocycles. The lowest BCUT2D eigenvalue weighted by Gasteiger charge is -2.20. The summed E-state index contributed by atoms with van der Waals surface area (Å²) in [7, 11) is 0. The molecule has 1 aliphatic rings. The largest absolute Gasteiger partial charge is 0.388 e. The van der Waals surface area contributed by atoms with Crippen LogP contribution in [0.25, 0.3) is 0 Å². The molecular weight excluding hydrogens is 305 g/mol. The predicted octanol–water partition coefficient (Wildman–Crippen LogP) is 3.31. The van der Waals surface area contributed by atoms with Gasteiger partial charge in [-0.3, -0.25) is 4.79 Å². The van der Waals surface area contributed by atoms with Gasteiger partial charge in [0.1, 0.15) is 0 Å². The lowest BCUT2D eigenvalue weighted by Crippen LogP contribution is -2.34. The zero-order valence-electron chi connectivity index (χ0n) is 10.7. The first-order valence-corrected chi connectivity index (χ1v) is 7.87. The fourth-order valence-corrected chi connectivity index (χ4v) is 3.32. The van der Waals surface area contributed by atoms with Crippen molar-refractivity contribution in [1.82, 2.24) is 4.90 Å². The number of β-amino-alcohol motifs (C(OH)–C–C–N with tert-alkyl or cyclic N) is 1. The van der Waals surface area contributed by atoms with Gasteiger partial charge in [-0.05, 0) is 31.7 Å². The van der Waals surface area contributed by atoms with E-state index < -0.39 is 5.60 Å². The van der Waals surface area contributed by atoms with Crippen molar-refractivity contribution < 1.29 is 9.90 Å². The van der Waals surface area contributed by atoms with Crippen LogP contribution in [0, 0.1) is 0 Å². The second-order valence-corrected chi connectivity index (χ2v) is 6.60. The first-order chi connectivity index (χ1) is 8.84. The Bertz CT molecular complexity index is 520. The molecule has 0 radical (unpaired) electrons. The van der Waals surface area contributed by atoms with Crippen LogP contribution in [0.5, 0.6) is 0 Å². The normalized spacial score (nSPS) is 22.9. The number of nitrogens with zero attached hydrogens (tertiary/aromatic N) is 1. The summed E-state index contributed by atoms with van der Waals surface area (Å²) in [6.45, 7) is 2.61. The van der Waals surface area contributed by atoms with Crippen molar-refractivity contribution in [2.75, 3.05) is 19.3 Å². The van der Waals surface area contributed by atoms with Crippen molar-refractivity contribution in [2.24, 2.45) is 0 Å². The minimum absolute atomic E-state index is 0.158. The molecule has 2 rings (SSSR count). The highest BCUT2D eigenvalue weighted by molar-refractivity contribution is 7.98. The molecule has 1 amide bonds. The second-order valence-electron chi connectivity index (χ2n) is 4.94. The van der Waals surface area contributed by atoms with Crippen LogP contribution in [0.4, 0.5) is 0 Å². The van der Waals surface area contributed by atoms with Crippen LogP contribution < -0.4 is 0 Å². The molecule has 0 unspecified atom stereocenters. The SMILES string of the molecule is CSc1cc(C(=O)N2CC[C@@](C)(O)C2)c(Cl)cc1Cl. The molecule has 1 heterocycles. The Balaban J connectivity index is 2.29. The van der Waals surface area contributed by atoms with Gasteiger partial charge in [0.2, 0.25) is 0 Å². The number of carbonyl (C=O) groups is 1. The summed E-state index contributed by atoms with van der Waals surface area (Å²) in [5.74, 6) is -0.158. The Hall–Kier alpha value is -0.420. The summed E-state index contributed by atoms with van der Waals surface area (Å²) in [6.07, 6.45) is 2.48. The maximum Gasteiger partial charge on any atom is 0.255 e. The van der Waals surface area contributed by atoms with E-state index in [1.165, 1.54) is 11.8 Å². The molecule has 1 aliphatic heterocycles. The van der Waals surface area contributed by atoms with Gasteiger partial charge in [0.15, 0.2) is 0 Å². The van der Waals surface area contributed by atoms with Crippen molar-refractivity contribution in [3.05, 3.63) is 27.7 Å². The maximum absolute atomic E-state index is 12.4. The highest BCUT2D eigenvalue weighted by Gasteiger charge is 2.35. The van der Waals surface area contributed by atoms with Crippen LogP contribution in [0.15, 0.2) is 17.0 Å². The van der Waals surface area contributed by atoms with E-state index in [1.807, 2.05) is 6.26 Å². The van der Waals surface area contributed by atoms with E-state index in [0.717, 1.165) is 4.90 Å². The maximum atomic E-state index is 12.4. The number of amides is 1. The Morgan fingerprint density at radius 3 is 2.63 bits per heavy atom. The number of hydrogen-bond donors (Lipinski definition) is 1.